The standard InChI is InChI=1S/C23H33FN6O2/c1-30(18-11-13-32-14-12-18)23-28-21(25-16-7-5-3-4-6-8-16)27-22(29-23)26-17-9-10-20(31-2)19(24)15-17/h9-10,15-16,18H,3-8,11-14H2,1-2H3,(H2,25,26,27,28,29). The normalized spacial score (nSPS) is 18.1. The van der Waals surface area contributed by atoms with Crippen molar-refractivity contribution in [2.24, 2.45) is 0 Å². The summed E-state index contributed by atoms with van der Waals surface area (Å²) < 4.78 is 24.7. The van der Waals surface area contributed by atoms with Gasteiger partial charge < -0.3 is 25.0 Å². The number of aromatic nitrogens is 3. The van der Waals surface area contributed by atoms with Gasteiger partial charge in [-0.1, -0.05) is 25.7 Å². The fourth-order valence-electron chi connectivity index (χ4n) is 4.36. The van der Waals surface area contributed by atoms with E-state index in [4.69, 9.17) is 14.5 Å². The molecule has 0 atom stereocenters. The molecule has 8 nitrogen and oxygen atoms in total. The van der Waals surface area contributed by atoms with E-state index in [0.717, 1.165) is 38.9 Å². The van der Waals surface area contributed by atoms with Crippen molar-refractivity contribution in [1.82, 2.24) is 15.0 Å². The zero-order valence-electron chi connectivity index (χ0n) is 18.9. The average molecular weight is 445 g/mol. The van der Waals surface area contributed by atoms with E-state index in [1.807, 2.05) is 7.05 Å². The molecule has 0 bridgehead atoms. The lowest BCUT2D eigenvalue weighted by molar-refractivity contribution is 0.0852. The molecule has 0 unspecified atom stereocenters. The number of nitrogens with one attached hydrogen (secondary N) is 2. The van der Waals surface area contributed by atoms with Gasteiger partial charge in [0, 0.05) is 44.1 Å². The molecule has 2 fully saturated rings. The fourth-order valence-corrected chi connectivity index (χ4v) is 4.36. The van der Waals surface area contributed by atoms with Crippen LogP contribution in [0.25, 0.3) is 0 Å². The Bertz CT molecular complexity index is 885. The molecule has 2 heterocycles. The van der Waals surface area contributed by atoms with Gasteiger partial charge in [0.1, 0.15) is 0 Å². The van der Waals surface area contributed by atoms with Crippen LogP contribution in [-0.2, 0) is 4.74 Å². The third-order valence-corrected chi connectivity index (χ3v) is 6.27. The molecule has 9 heteroatoms. The Morgan fingerprint density at radius 2 is 1.72 bits per heavy atom. The highest BCUT2D eigenvalue weighted by Gasteiger charge is 2.23. The summed E-state index contributed by atoms with van der Waals surface area (Å²) in [5.74, 6) is 1.29. The Labute approximate surface area is 188 Å². The van der Waals surface area contributed by atoms with Crippen LogP contribution in [0.3, 0.4) is 0 Å². The quantitative estimate of drug-likeness (QED) is 0.604. The number of ether oxygens (including phenoxy) is 2. The number of anilines is 4. The Morgan fingerprint density at radius 1 is 1.00 bits per heavy atom. The number of hydrogen-bond donors (Lipinski definition) is 2. The molecule has 2 N–H and O–H groups in total. The summed E-state index contributed by atoms with van der Waals surface area (Å²) in [7, 11) is 3.46. The van der Waals surface area contributed by atoms with Gasteiger partial charge in [-0.3, -0.25) is 0 Å². The number of methoxy groups -OCH3 is 1. The highest BCUT2D eigenvalue weighted by Crippen LogP contribution is 2.26. The van der Waals surface area contributed by atoms with Crippen LogP contribution in [0.1, 0.15) is 51.4 Å². The van der Waals surface area contributed by atoms with Crippen molar-refractivity contribution >= 4 is 23.5 Å². The molecule has 0 radical (unpaired) electrons. The van der Waals surface area contributed by atoms with E-state index in [1.54, 1.807) is 12.1 Å². The van der Waals surface area contributed by atoms with E-state index < -0.39 is 5.82 Å². The second-order valence-electron chi connectivity index (χ2n) is 8.54. The monoisotopic (exact) mass is 444 g/mol. The molecule has 1 aliphatic carbocycles. The maximum Gasteiger partial charge on any atom is 0.233 e. The van der Waals surface area contributed by atoms with E-state index in [-0.39, 0.29) is 5.75 Å². The summed E-state index contributed by atoms with van der Waals surface area (Å²) in [6.45, 7) is 1.48. The van der Waals surface area contributed by atoms with Crippen molar-refractivity contribution in [3.8, 4) is 5.75 Å². The minimum atomic E-state index is -0.442. The van der Waals surface area contributed by atoms with Gasteiger partial charge in [-0.05, 0) is 37.8 Å². The summed E-state index contributed by atoms with van der Waals surface area (Å²) in [5.41, 5.74) is 0.551. The van der Waals surface area contributed by atoms with Crippen molar-refractivity contribution in [3.05, 3.63) is 24.0 Å². The van der Waals surface area contributed by atoms with Gasteiger partial charge in [-0.25, -0.2) is 4.39 Å². The molecule has 32 heavy (non-hydrogen) atoms. The van der Waals surface area contributed by atoms with Crippen LogP contribution in [0.5, 0.6) is 5.75 Å². The van der Waals surface area contributed by atoms with E-state index in [0.29, 0.717) is 35.6 Å². The summed E-state index contributed by atoms with van der Waals surface area (Å²) in [4.78, 5) is 16.1. The lowest BCUT2D eigenvalue weighted by Crippen LogP contribution is -2.38. The van der Waals surface area contributed by atoms with Crippen molar-refractivity contribution in [2.45, 2.75) is 63.5 Å². The van der Waals surface area contributed by atoms with Gasteiger partial charge in [0.15, 0.2) is 11.6 Å². The molecule has 2 aromatic rings. The highest BCUT2D eigenvalue weighted by atomic mass is 19.1. The molecule has 0 spiro atoms. The van der Waals surface area contributed by atoms with Gasteiger partial charge in [0.2, 0.25) is 17.8 Å². The van der Waals surface area contributed by atoms with Gasteiger partial charge in [-0.2, -0.15) is 15.0 Å². The van der Waals surface area contributed by atoms with Crippen molar-refractivity contribution in [1.29, 1.82) is 0 Å². The van der Waals surface area contributed by atoms with Crippen molar-refractivity contribution in [3.63, 3.8) is 0 Å². The molecule has 4 rings (SSSR count). The summed E-state index contributed by atoms with van der Waals surface area (Å²) >= 11 is 0. The third kappa shape index (κ3) is 5.76. The van der Waals surface area contributed by atoms with Crippen molar-refractivity contribution in [2.75, 3.05) is 42.9 Å². The van der Waals surface area contributed by atoms with Crippen LogP contribution in [0.15, 0.2) is 18.2 Å². The van der Waals surface area contributed by atoms with Gasteiger partial charge in [0.05, 0.1) is 7.11 Å². The topological polar surface area (TPSA) is 84.4 Å². The Hall–Kier alpha value is -2.68. The number of hydrogen-bond acceptors (Lipinski definition) is 8. The van der Waals surface area contributed by atoms with Crippen LogP contribution < -0.4 is 20.3 Å². The van der Waals surface area contributed by atoms with E-state index in [2.05, 4.69) is 25.5 Å². The van der Waals surface area contributed by atoms with Crippen LogP contribution in [0, 0.1) is 5.82 Å². The van der Waals surface area contributed by atoms with Crippen molar-refractivity contribution < 1.29 is 13.9 Å². The smallest absolute Gasteiger partial charge is 0.233 e. The minimum Gasteiger partial charge on any atom is -0.494 e. The highest BCUT2D eigenvalue weighted by molar-refractivity contribution is 5.57. The summed E-state index contributed by atoms with van der Waals surface area (Å²) in [6, 6.07) is 5.36. The summed E-state index contributed by atoms with van der Waals surface area (Å²) in [6.07, 6.45) is 9.08. The fraction of sp³-hybridized carbons (Fsp3) is 0.609. The zero-order chi connectivity index (χ0) is 22.3. The second kappa shape index (κ2) is 10.8. The summed E-state index contributed by atoms with van der Waals surface area (Å²) in [5, 5.41) is 6.66. The molecule has 1 saturated carbocycles. The minimum absolute atomic E-state index is 0.196. The number of halogens is 1. The first-order chi connectivity index (χ1) is 15.6. The van der Waals surface area contributed by atoms with Crippen LogP contribution in [0.2, 0.25) is 0 Å². The SMILES string of the molecule is COc1ccc(Nc2nc(NC3CCCCCC3)nc(N(C)C3CCOCC3)n2)cc1F. The zero-order valence-corrected chi connectivity index (χ0v) is 18.9. The van der Waals surface area contributed by atoms with E-state index in [1.165, 1.54) is 38.9 Å². The first-order valence-corrected chi connectivity index (χ1v) is 11.6. The predicted octanol–water partition coefficient (Wildman–Crippen LogP) is 4.51. The Kier molecular flexibility index (Phi) is 7.57. The maximum absolute atomic E-state index is 14.2. The van der Waals surface area contributed by atoms with Gasteiger partial charge in [0.25, 0.3) is 0 Å². The molecule has 1 saturated heterocycles. The molecular formula is C23H33FN6O2. The van der Waals surface area contributed by atoms with Crippen LogP contribution in [-0.4, -0.2) is 54.4 Å². The molecule has 174 valence electrons. The van der Waals surface area contributed by atoms with Crippen LogP contribution >= 0.6 is 0 Å². The lowest BCUT2D eigenvalue weighted by atomic mass is 10.1. The Morgan fingerprint density at radius 3 is 2.41 bits per heavy atom. The molecule has 0 amide bonds. The molecule has 2 aliphatic rings. The number of nitrogens with zero attached hydrogens (tertiary/aromatic N) is 4. The first kappa shape index (κ1) is 22.5. The number of rotatable bonds is 7. The second-order valence-corrected chi connectivity index (χ2v) is 8.54. The first-order valence-electron chi connectivity index (χ1n) is 11.6. The largest absolute Gasteiger partial charge is 0.494 e. The maximum atomic E-state index is 14.2. The van der Waals surface area contributed by atoms with Crippen LogP contribution in [0.4, 0.5) is 27.9 Å². The Balaban J connectivity index is 1.59. The average Bonchev–Trinajstić information content (AvgIpc) is 3.08. The van der Waals surface area contributed by atoms with Gasteiger partial charge >= 0.3 is 0 Å². The molecule has 1 aliphatic heterocycles. The molecular weight excluding hydrogens is 411 g/mol. The lowest BCUT2D eigenvalue weighted by Gasteiger charge is -2.31. The third-order valence-electron chi connectivity index (χ3n) is 6.27. The molecule has 1 aromatic heterocycles. The number of benzene rings is 1. The molecule has 1 aromatic carbocycles. The predicted molar refractivity (Wildman–Crippen MR) is 123 cm³/mol. The van der Waals surface area contributed by atoms with E-state index in [9.17, 15) is 4.39 Å². The van der Waals surface area contributed by atoms with E-state index >= 15 is 0 Å². The van der Waals surface area contributed by atoms with Gasteiger partial charge in [-0.15, -0.1) is 0 Å².